The van der Waals surface area contributed by atoms with Crippen LogP contribution < -0.4 is 10.2 Å². The van der Waals surface area contributed by atoms with Gasteiger partial charge in [0.1, 0.15) is 5.82 Å². The van der Waals surface area contributed by atoms with E-state index >= 15 is 0 Å². The van der Waals surface area contributed by atoms with Crippen LogP contribution >= 0.6 is 0 Å². The quantitative estimate of drug-likeness (QED) is 0.899. The maximum absolute atomic E-state index is 14.2. The normalized spacial score (nSPS) is 21.3. The lowest BCUT2D eigenvalue weighted by Crippen LogP contribution is -2.27. The Hall–Kier alpha value is -1.09. The first-order valence-corrected chi connectivity index (χ1v) is 7.55. The number of nitrogens with one attached hydrogen (secondary N) is 1. The zero-order chi connectivity index (χ0) is 14.9. The molecule has 2 nitrogen and oxygen atoms in total. The van der Waals surface area contributed by atoms with Gasteiger partial charge in [-0.1, -0.05) is 26.8 Å². The molecule has 20 heavy (non-hydrogen) atoms. The first-order chi connectivity index (χ1) is 9.34. The van der Waals surface area contributed by atoms with Gasteiger partial charge in [0, 0.05) is 30.4 Å². The van der Waals surface area contributed by atoms with Crippen LogP contribution in [0, 0.1) is 17.2 Å². The van der Waals surface area contributed by atoms with E-state index in [1.54, 1.807) is 6.07 Å². The standard InChI is InChI=1S/C17H27FN2/c1-12(19-5)16-14(18)7-6-8-15(16)20-10-9-13(11-20)17(2,3)4/h6-8,12-13,19H,9-11H2,1-5H3. The van der Waals surface area contributed by atoms with Crippen molar-refractivity contribution in [1.82, 2.24) is 5.32 Å². The Morgan fingerprint density at radius 2 is 2.05 bits per heavy atom. The number of hydrogen-bond acceptors (Lipinski definition) is 2. The topological polar surface area (TPSA) is 15.3 Å². The zero-order valence-electron chi connectivity index (χ0n) is 13.3. The molecule has 2 rings (SSSR count). The van der Waals surface area contributed by atoms with E-state index in [0.717, 1.165) is 24.3 Å². The zero-order valence-corrected chi connectivity index (χ0v) is 13.3. The van der Waals surface area contributed by atoms with Crippen molar-refractivity contribution in [2.75, 3.05) is 25.0 Å². The Kier molecular flexibility index (Phi) is 4.38. The minimum atomic E-state index is -0.108. The Balaban J connectivity index is 2.28. The van der Waals surface area contributed by atoms with Crippen molar-refractivity contribution < 1.29 is 4.39 Å². The van der Waals surface area contributed by atoms with E-state index in [0.29, 0.717) is 11.3 Å². The third-order valence-corrected chi connectivity index (χ3v) is 4.65. The highest BCUT2D eigenvalue weighted by atomic mass is 19.1. The number of nitrogens with zero attached hydrogens (tertiary/aromatic N) is 1. The molecule has 0 amide bonds. The highest BCUT2D eigenvalue weighted by molar-refractivity contribution is 5.56. The molecule has 2 unspecified atom stereocenters. The van der Waals surface area contributed by atoms with Crippen LogP contribution in [0.1, 0.15) is 45.7 Å². The first-order valence-electron chi connectivity index (χ1n) is 7.55. The van der Waals surface area contributed by atoms with Crippen molar-refractivity contribution in [3.05, 3.63) is 29.6 Å². The van der Waals surface area contributed by atoms with Crippen LogP contribution in [0.5, 0.6) is 0 Å². The number of anilines is 1. The van der Waals surface area contributed by atoms with Gasteiger partial charge in [0.05, 0.1) is 0 Å². The van der Waals surface area contributed by atoms with Crippen LogP contribution in [0.3, 0.4) is 0 Å². The number of hydrogen-bond donors (Lipinski definition) is 1. The van der Waals surface area contributed by atoms with E-state index < -0.39 is 0 Å². The van der Waals surface area contributed by atoms with E-state index in [-0.39, 0.29) is 11.9 Å². The SMILES string of the molecule is CNC(C)c1c(F)cccc1N1CCC(C(C)(C)C)C1. The van der Waals surface area contributed by atoms with Crippen molar-refractivity contribution in [2.45, 2.75) is 40.2 Å². The molecule has 1 aliphatic heterocycles. The highest BCUT2D eigenvalue weighted by Crippen LogP contribution is 2.38. The van der Waals surface area contributed by atoms with Crippen molar-refractivity contribution in [2.24, 2.45) is 11.3 Å². The lowest BCUT2D eigenvalue weighted by molar-refractivity contribution is 0.263. The van der Waals surface area contributed by atoms with Gasteiger partial charge in [-0.2, -0.15) is 0 Å². The molecule has 0 bridgehead atoms. The minimum absolute atomic E-state index is 0.0277. The average molecular weight is 278 g/mol. The van der Waals surface area contributed by atoms with Gasteiger partial charge in [0.2, 0.25) is 0 Å². The van der Waals surface area contributed by atoms with Crippen LogP contribution in [-0.2, 0) is 0 Å². The molecule has 0 radical (unpaired) electrons. The lowest BCUT2D eigenvalue weighted by atomic mass is 9.80. The Morgan fingerprint density at radius 3 is 2.60 bits per heavy atom. The van der Waals surface area contributed by atoms with Crippen LogP contribution in [-0.4, -0.2) is 20.1 Å². The molecule has 0 spiro atoms. The summed E-state index contributed by atoms with van der Waals surface area (Å²) in [4.78, 5) is 2.35. The summed E-state index contributed by atoms with van der Waals surface area (Å²) in [7, 11) is 1.88. The van der Waals surface area contributed by atoms with Crippen LogP contribution in [0.4, 0.5) is 10.1 Å². The van der Waals surface area contributed by atoms with Crippen LogP contribution in [0.15, 0.2) is 18.2 Å². The molecule has 2 atom stereocenters. The Morgan fingerprint density at radius 1 is 1.35 bits per heavy atom. The van der Waals surface area contributed by atoms with Crippen molar-refractivity contribution >= 4 is 5.69 Å². The monoisotopic (exact) mass is 278 g/mol. The molecular weight excluding hydrogens is 251 g/mol. The molecule has 0 aliphatic carbocycles. The second-order valence-corrected chi connectivity index (χ2v) is 6.98. The lowest BCUT2D eigenvalue weighted by Gasteiger charge is -2.29. The van der Waals surface area contributed by atoms with Gasteiger partial charge in [0.25, 0.3) is 0 Å². The summed E-state index contributed by atoms with van der Waals surface area (Å²) in [5, 5.41) is 3.16. The van der Waals surface area contributed by atoms with Crippen LogP contribution in [0.2, 0.25) is 0 Å². The summed E-state index contributed by atoms with van der Waals surface area (Å²) in [5.41, 5.74) is 2.17. The fraction of sp³-hybridized carbons (Fsp3) is 0.647. The molecular formula is C17H27FN2. The van der Waals surface area contributed by atoms with Crippen molar-refractivity contribution in [3.63, 3.8) is 0 Å². The van der Waals surface area contributed by atoms with Gasteiger partial charge in [-0.25, -0.2) is 4.39 Å². The van der Waals surface area contributed by atoms with E-state index in [9.17, 15) is 4.39 Å². The molecule has 1 heterocycles. The van der Waals surface area contributed by atoms with Gasteiger partial charge in [-0.3, -0.25) is 0 Å². The molecule has 112 valence electrons. The molecule has 3 heteroatoms. The van der Waals surface area contributed by atoms with Gasteiger partial charge in [-0.15, -0.1) is 0 Å². The van der Waals surface area contributed by atoms with E-state index in [1.807, 2.05) is 20.0 Å². The molecule has 1 aromatic rings. The average Bonchev–Trinajstić information content (AvgIpc) is 2.87. The second kappa shape index (κ2) is 5.72. The summed E-state index contributed by atoms with van der Waals surface area (Å²) in [5.74, 6) is 0.562. The number of benzene rings is 1. The largest absolute Gasteiger partial charge is 0.371 e. The summed E-state index contributed by atoms with van der Waals surface area (Å²) < 4.78 is 14.2. The summed E-state index contributed by atoms with van der Waals surface area (Å²) in [6, 6.07) is 5.46. The highest BCUT2D eigenvalue weighted by Gasteiger charge is 2.33. The van der Waals surface area contributed by atoms with Gasteiger partial charge in [-0.05, 0) is 43.9 Å². The maximum Gasteiger partial charge on any atom is 0.130 e. The molecule has 1 N–H and O–H groups in total. The molecule has 1 aromatic carbocycles. The Labute approximate surface area is 122 Å². The molecule has 1 fully saturated rings. The number of halogens is 1. The number of rotatable bonds is 3. The fourth-order valence-electron chi connectivity index (χ4n) is 3.06. The first kappa shape index (κ1) is 15.3. The van der Waals surface area contributed by atoms with Gasteiger partial charge < -0.3 is 10.2 Å². The summed E-state index contributed by atoms with van der Waals surface area (Å²) in [6.45, 7) is 10.9. The third kappa shape index (κ3) is 2.98. The Bertz CT molecular complexity index is 465. The van der Waals surface area contributed by atoms with Crippen LogP contribution in [0.25, 0.3) is 0 Å². The van der Waals surface area contributed by atoms with Crippen molar-refractivity contribution in [3.8, 4) is 0 Å². The van der Waals surface area contributed by atoms with E-state index in [4.69, 9.17) is 0 Å². The predicted octanol–water partition coefficient (Wildman–Crippen LogP) is 3.98. The fourth-order valence-corrected chi connectivity index (χ4v) is 3.06. The van der Waals surface area contributed by atoms with E-state index in [2.05, 4.69) is 37.1 Å². The minimum Gasteiger partial charge on any atom is -0.371 e. The predicted molar refractivity (Wildman–Crippen MR) is 83.6 cm³/mol. The van der Waals surface area contributed by atoms with Gasteiger partial charge >= 0.3 is 0 Å². The summed E-state index contributed by atoms with van der Waals surface area (Å²) >= 11 is 0. The second-order valence-electron chi connectivity index (χ2n) is 6.98. The van der Waals surface area contributed by atoms with Gasteiger partial charge in [0.15, 0.2) is 0 Å². The van der Waals surface area contributed by atoms with Crippen molar-refractivity contribution in [1.29, 1.82) is 0 Å². The maximum atomic E-state index is 14.2. The molecule has 0 aromatic heterocycles. The summed E-state index contributed by atoms with van der Waals surface area (Å²) in [6.07, 6.45) is 1.19. The molecule has 1 saturated heterocycles. The smallest absolute Gasteiger partial charge is 0.130 e. The molecule has 0 saturated carbocycles. The third-order valence-electron chi connectivity index (χ3n) is 4.65. The molecule has 1 aliphatic rings. The van der Waals surface area contributed by atoms with E-state index in [1.165, 1.54) is 6.42 Å².